The number of likely N-dealkylation sites (N-methyl/N-ethyl adjacent to an activating group) is 2. The molecule has 33 heavy (non-hydrogen) atoms. The number of hydrogen-bond acceptors (Lipinski definition) is 6. The summed E-state index contributed by atoms with van der Waals surface area (Å²) in [5.74, 6) is -1.07. The molecule has 1 saturated heterocycles. The van der Waals surface area contributed by atoms with Gasteiger partial charge in [-0.1, -0.05) is 27.7 Å². The highest BCUT2D eigenvalue weighted by Gasteiger charge is 2.33. The van der Waals surface area contributed by atoms with Gasteiger partial charge in [0.25, 0.3) is 5.88 Å². The van der Waals surface area contributed by atoms with Crippen LogP contribution in [0.5, 0.6) is 5.88 Å². The Bertz CT molecular complexity index is 968. The Morgan fingerprint density at radius 2 is 1.76 bits per heavy atom. The molecule has 0 spiro atoms. The minimum Gasteiger partial charge on any atom is -0.474 e. The van der Waals surface area contributed by atoms with E-state index in [0.717, 1.165) is 38.2 Å². The quantitative estimate of drug-likeness (QED) is 0.535. The van der Waals surface area contributed by atoms with Crippen molar-refractivity contribution in [3.63, 3.8) is 0 Å². The van der Waals surface area contributed by atoms with Crippen LogP contribution in [0.25, 0.3) is 11.0 Å². The standard InChI is InChI=1S/C24H35F2N5O2/c1-6-29(7-2)11-12-33-23-22(27-20-13-18(25)19(26)14-21(20)28-23)30-10-9-17(15-30)31(8-3)24(32)16(4)5/h13-14,16-17H,6-12,15H2,1-5H3/t17-/m0/s1. The van der Waals surface area contributed by atoms with E-state index < -0.39 is 11.6 Å². The van der Waals surface area contributed by atoms with Gasteiger partial charge in [-0.15, -0.1) is 0 Å². The van der Waals surface area contributed by atoms with Gasteiger partial charge in [-0.3, -0.25) is 4.79 Å². The third-order valence-corrected chi connectivity index (χ3v) is 6.22. The smallest absolute Gasteiger partial charge is 0.258 e. The molecule has 0 saturated carbocycles. The van der Waals surface area contributed by atoms with Gasteiger partial charge < -0.3 is 19.4 Å². The topological polar surface area (TPSA) is 61.8 Å². The van der Waals surface area contributed by atoms with Gasteiger partial charge >= 0.3 is 0 Å². The van der Waals surface area contributed by atoms with Crippen molar-refractivity contribution in [3.8, 4) is 5.88 Å². The summed E-state index contributed by atoms with van der Waals surface area (Å²) in [6, 6.07) is 2.16. The monoisotopic (exact) mass is 463 g/mol. The zero-order chi connectivity index (χ0) is 24.1. The normalized spacial score (nSPS) is 16.3. The lowest BCUT2D eigenvalue weighted by Gasteiger charge is -2.30. The fourth-order valence-corrected chi connectivity index (χ4v) is 4.25. The lowest BCUT2D eigenvalue weighted by atomic mass is 10.1. The van der Waals surface area contributed by atoms with Gasteiger partial charge in [0.15, 0.2) is 17.5 Å². The van der Waals surface area contributed by atoms with Gasteiger partial charge in [0, 0.05) is 44.2 Å². The largest absolute Gasteiger partial charge is 0.474 e. The Kier molecular flexibility index (Phi) is 8.40. The fourth-order valence-electron chi connectivity index (χ4n) is 4.25. The van der Waals surface area contributed by atoms with E-state index in [0.29, 0.717) is 37.9 Å². The third-order valence-electron chi connectivity index (χ3n) is 6.22. The zero-order valence-corrected chi connectivity index (χ0v) is 20.3. The molecule has 1 aliphatic heterocycles. The van der Waals surface area contributed by atoms with E-state index in [1.807, 2.05) is 30.6 Å². The van der Waals surface area contributed by atoms with Crippen LogP contribution < -0.4 is 9.64 Å². The molecule has 0 aliphatic carbocycles. The molecular formula is C24H35F2N5O2. The molecule has 1 fully saturated rings. The van der Waals surface area contributed by atoms with Crippen LogP contribution >= 0.6 is 0 Å². The highest BCUT2D eigenvalue weighted by atomic mass is 19.2. The van der Waals surface area contributed by atoms with Crippen molar-refractivity contribution in [1.82, 2.24) is 19.8 Å². The van der Waals surface area contributed by atoms with Crippen molar-refractivity contribution in [2.75, 3.05) is 50.8 Å². The first-order valence-electron chi connectivity index (χ1n) is 11.9. The van der Waals surface area contributed by atoms with Crippen LogP contribution in [0.1, 0.15) is 41.0 Å². The van der Waals surface area contributed by atoms with Crippen molar-refractivity contribution in [1.29, 1.82) is 0 Å². The first kappa shape index (κ1) is 25.1. The van der Waals surface area contributed by atoms with Gasteiger partial charge in [0.1, 0.15) is 6.61 Å². The van der Waals surface area contributed by atoms with E-state index >= 15 is 0 Å². The molecule has 3 rings (SSSR count). The Hall–Kier alpha value is -2.55. The maximum Gasteiger partial charge on any atom is 0.258 e. The summed E-state index contributed by atoms with van der Waals surface area (Å²) in [7, 11) is 0. The highest BCUT2D eigenvalue weighted by molar-refractivity contribution is 5.79. The summed E-state index contributed by atoms with van der Waals surface area (Å²) in [4.78, 5) is 27.9. The molecule has 1 aliphatic rings. The SMILES string of the molecule is CCN(CC)CCOc1nc2cc(F)c(F)cc2nc1N1CC[C@H](N(CC)C(=O)C(C)C)C1. The predicted octanol–water partition coefficient (Wildman–Crippen LogP) is 3.71. The maximum atomic E-state index is 13.9. The van der Waals surface area contributed by atoms with E-state index in [2.05, 4.69) is 28.7 Å². The van der Waals surface area contributed by atoms with E-state index in [4.69, 9.17) is 4.74 Å². The number of amides is 1. The summed E-state index contributed by atoms with van der Waals surface area (Å²) >= 11 is 0. The number of carbonyl (C=O) groups is 1. The average molecular weight is 464 g/mol. The highest BCUT2D eigenvalue weighted by Crippen LogP contribution is 2.31. The van der Waals surface area contributed by atoms with Gasteiger partial charge in [-0.2, -0.15) is 0 Å². The fraction of sp³-hybridized carbons (Fsp3) is 0.625. The van der Waals surface area contributed by atoms with E-state index in [1.165, 1.54) is 0 Å². The maximum absolute atomic E-state index is 13.9. The van der Waals surface area contributed by atoms with Crippen LogP contribution in [-0.2, 0) is 4.79 Å². The van der Waals surface area contributed by atoms with Crippen LogP contribution in [0.4, 0.5) is 14.6 Å². The minimum atomic E-state index is -0.967. The van der Waals surface area contributed by atoms with Gasteiger partial charge in [-0.05, 0) is 26.4 Å². The molecule has 0 N–H and O–H groups in total. The number of carbonyl (C=O) groups excluding carboxylic acids is 1. The average Bonchev–Trinajstić information content (AvgIpc) is 3.27. The summed E-state index contributed by atoms with van der Waals surface area (Å²) in [5.41, 5.74) is 0.519. The first-order chi connectivity index (χ1) is 15.8. The van der Waals surface area contributed by atoms with Gasteiger partial charge in [0.2, 0.25) is 5.91 Å². The summed E-state index contributed by atoms with van der Waals surface area (Å²) < 4.78 is 33.7. The summed E-state index contributed by atoms with van der Waals surface area (Å²) in [5, 5.41) is 0. The predicted molar refractivity (Wildman–Crippen MR) is 126 cm³/mol. The Balaban J connectivity index is 1.89. The first-order valence-corrected chi connectivity index (χ1v) is 11.9. The summed E-state index contributed by atoms with van der Waals surface area (Å²) in [6.07, 6.45) is 0.794. The van der Waals surface area contributed by atoms with Crippen LogP contribution in [0.3, 0.4) is 0 Å². The zero-order valence-electron chi connectivity index (χ0n) is 20.3. The molecule has 2 aromatic rings. The van der Waals surface area contributed by atoms with Crippen molar-refractivity contribution >= 4 is 22.8 Å². The van der Waals surface area contributed by atoms with Crippen LogP contribution in [0.15, 0.2) is 12.1 Å². The number of anilines is 1. The van der Waals surface area contributed by atoms with E-state index in [1.54, 1.807) is 0 Å². The number of ether oxygens (including phenoxy) is 1. The van der Waals surface area contributed by atoms with Crippen molar-refractivity contribution in [2.24, 2.45) is 5.92 Å². The third kappa shape index (κ3) is 5.69. The van der Waals surface area contributed by atoms with Crippen LogP contribution in [-0.4, -0.2) is 77.6 Å². The number of rotatable bonds is 10. The number of hydrogen-bond donors (Lipinski definition) is 0. The van der Waals surface area contributed by atoms with Crippen LogP contribution in [0, 0.1) is 17.6 Å². The van der Waals surface area contributed by atoms with Crippen molar-refractivity contribution in [2.45, 2.75) is 47.1 Å². The Morgan fingerprint density at radius 3 is 2.33 bits per heavy atom. The van der Waals surface area contributed by atoms with Crippen molar-refractivity contribution in [3.05, 3.63) is 23.8 Å². The molecule has 0 unspecified atom stereocenters. The second kappa shape index (κ2) is 11.0. The molecular weight excluding hydrogens is 428 g/mol. The molecule has 2 heterocycles. The molecule has 1 aromatic heterocycles. The van der Waals surface area contributed by atoms with Gasteiger partial charge in [-0.25, -0.2) is 18.7 Å². The lowest BCUT2D eigenvalue weighted by molar-refractivity contribution is -0.136. The van der Waals surface area contributed by atoms with Gasteiger partial charge in [0.05, 0.1) is 17.1 Å². The van der Waals surface area contributed by atoms with E-state index in [-0.39, 0.29) is 28.9 Å². The molecule has 0 bridgehead atoms. The van der Waals surface area contributed by atoms with E-state index in [9.17, 15) is 13.6 Å². The molecule has 1 amide bonds. The molecule has 9 heteroatoms. The number of benzene rings is 1. The second-order valence-electron chi connectivity index (χ2n) is 8.65. The number of halogens is 2. The molecule has 7 nitrogen and oxygen atoms in total. The molecule has 1 atom stereocenters. The molecule has 1 aromatic carbocycles. The van der Waals surface area contributed by atoms with Crippen LogP contribution in [0.2, 0.25) is 0 Å². The number of aromatic nitrogens is 2. The second-order valence-corrected chi connectivity index (χ2v) is 8.65. The minimum absolute atomic E-state index is 0.0517. The van der Waals surface area contributed by atoms with Crippen molar-refractivity contribution < 1.29 is 18.3 Å². The molecule has 182 valence electrons. The number of nitrogens with zero attached hydrogens (tertiary/aromatic N) is 5. The molecule has 0 radical (unpaired) electrons. The lowest BCUT2D eigenvalue weighted by Crippen LogP contribution is -2.43. The Morgan fingerprint density at radius 1 is 1.12 bits per heavy atom. The summed E-state index contributed by atoms with van der Waals surface area (Å²) in [6.45, 7) is 14.8. The Labute approximate surface area is 194 Å². The number of fused-ring (bicyclic) bond motifs is 1.